The number of nitrogens with zero attached hydrogens (tertiary/aromatic N) is 4. The standard InChI is InChI=1S/C19H19FN8O2/c20-12-3-1-8-22-15(12)19(6-2-7-19)10-23-14-5-4-13(26-27-14)18(30)25-17-11(16(21)29)9-24-28-17/h1,3-5,8-9H,2,6-7,10H2,(H2,21,29)(H,23,27)(H2,24,25,28,30). The molecule has 0 radical (unpaired) electrons. The number of hydrogen-bond donors (Lipinski definition) is 4. The molecule has 0 aliphatic heterocycles. The SMILES string of the molecule is NC(=O)c1cn[nH]c1NC(=O)c1ccc(NCC2(c3ncccc3F)CCC2)nn1. The molecular weight excluding hydrogens is 391 g/mol. The largest absolute Gasteiger partial charge is 0.368 e. The average molecular weight is 410 g/mol. The smallest absolute Gasteiger partial charge is 0.277 e. The van der Waals surface area contributed by atoms with Crippen LogP contribution in [-0.4, -0.2) is 43.7 Å². The fourth-order valence-corrected chi connectivity index (χ4v) is 3.43. The Morgan fingerprint density at radius 3 is 2.70 bits per heavy atom. The van der Waals surface area contributed by atoms with E-state index in [9.17, 15) is 14.0 Å². The molecule has 2 amide bonds. The van der Waals surface area contributed by atoms with E-state index in [1.54, 1.807) is 18.3 Å². The van der Waals surface area contributed by atoms with E-state index in [4.69, 9.17) is 5.73 Å². The number of pyridine rings is 1. The number of hydrogen-bond acceptors (Lipinski definition) is 7. The number of anilines is 2. The summed E-state index contributed by atoms with van der Waals surface area (Å²) < 4.78 is 14.2. The molecule has 154 valence electrons. The quantitative estimate of drug-likeness (QED) is 0.462. The number of primary amides is 1. The van der Waals surface area contributed by atoms with Crippen molar-refractivity contribution in [2.45, 2.75) is 24.7 Å². The highest BCUT2D eigenvalue weighted by Gasteiger charge is 2.41. The Labute approximate surface area is 170 Å². The van der Waals surface area contributed by atoms with E-state index < -0.39 is 11.8 Å². The maximum atomic E-state index is 14.2. The maximum absolute atomic E-state index is 14.2. The first-order valence-corrected chi connectivity index (χ1v) is 9.32. The molecule has 0 aromatic carbocycles. The lowest BCUT2D eigenvalue weighted by Gasteiger charge is -2.41. The van der Waals surface area contributed by atoms with E-state index >= 15 is 0 Å². The van der Waals surface area contributed by atoms with Crippen LogP contribution >= 0.6 is 0 Å². The summed E-state index contributed by atoms with van der Waals surface area (Å²) in [6, 6.07) is 6.08. The van der Waals surface area contributed by atoms with Crippen LogP contribution in [0.25, 0.3) is 0 Å². The van der Waals surface area contributed by atoms with Crippen LogP contribution in [0.1, 0.15) is 45.8 Å². The molecule has 1 fully saturated rings. The van der Waals surface area contributed by atoms with Crippen molar-refractivity contribution in [3.63, 3.8) is 0 Å². The number of amides is 2. The topological polar surface area (TPSA) is 152 Å². The number of aromatic amines is 1. The molecule has 10 nitrogen and oxygen atoms in total. The van der Waals surface area contributed by atoms with Gasteiger partial charge in [-0.25, -0.2) is 4.39 Å². The van der Waals surface area contributed by atoms with Crippen LogP contribution in [0.4, 0.5) is 16.0 Å². The summed E-state index contributed by atoms with van der Waals surface area (Å²) in [6.45, 7) is 0.456. The van der Waals surface area contributed by atoms with Gasteiger partial charge in [0.25, 0.3) is 11.8 Å². The van der Waals surface area contributed by atoms with Crippen molar-refractivity contribution in [1.82, 2.24) is 25.4 Å². The molecule has 0 bridgehead atoms. The predicted octanol–water partition coefficient (Wildman–Crippen LogP) is 1.62. The normalized spacial score (nSPS) is 14.6. The van der Waals surface area contributed by atoms with E-state index in [0.29, 0.717) is 18.1 Å². The molecule has 0 unspecified atom stereocenters. The van der Waals surface area contributed by atoms with Crippen LogP contribution in [0.2, 0.25) is 0 Å². The van der Waals surface area contributed by atoms with Gasteiger partial charge in [0, 0.05) is 18.2 Å². The third kappa shape index (κ3) is 3.69. The van der Waals surface area contributed by atoms with Crippen molar-refractivity contribution < 1.29 is 14.0 Å². The lowest BCUT2D eigenvalue weighted by Crippen LogP contribution is -2.42. The van der Waals surface area contributed by atoms with Crippen molar-refractivity contribution in [1.29, 1.82) is 0 Å². The minimum Gasteiger partial charge on any atom is -0.368 e. The van der Waals surface area contributed by atoms with Gasteiger partial charge in [0.1, 0.15) is 23.0 Å². The number of rotatable bonds is 7. The Kier molecular flexibility index (Phi) is 5.09. The van der Waals surface area contributed by atoms with Gasteiger partial charge in [-0.3, -0.25) is 19.7 Å². The van der Waals surface area contributed by atoms with Crippen LogP contribution in [0, 0.1) is 5.82 Å². The first-order chi connectivity index (χ1) is 14.5. The molecule has 3 heterocycles. The number of carbonyl (C=O) groups excluding carboxylic acids is 2. The Bertz CT molecular complexity index is 1080. The summed E-state index contributed by atoms with van der Waals surface area (Å²) in [7, 11) is 0. The molecule has 30 heavy (non-hydrogen) atoms. The summed E-state index contributed by atoms with van der Waals surface area (Å²) in [5, 5.41) is 19.7. The summed E-state index contributed by atoms with van der Waals surface area (Å²) >= 11 is 0. The number of carbonyl (C=O) groups is 2. The molecule has 0 atom stereocenters. The highest BCUT2D eigenvalue weighted by molar-refractivity contribution is 6.06. The molecule has 5 N–H and O–H groups in total. The minimum atomic E-state index is -0.723. The number of aromatic nitrogens is 5. The van der Waals surface area contributed by atoms with Crippen LogP contribution in [0.5, 0.6) is 0 Å². The van der Waals surface area contributed by atoms with Gasteiger partial charge in [-0.2, -0.15) is 5.10 Å². The molecule has 11 heteroatoms. The van der Waals surface area contributed by atoms with Crippen molar-refractivity contribution >= 4 is 23.5 Å². The second-order valence-electron chi connectivity index (χ2n) is 7.10. The van der Waals surface area contributed by atoms with E-state index in [2.05, 4.69) is 36.0 Å². The fourth-order valence-electron chi connectivity index (χ4n) is 3.43. The Morgan fingerprint density at radius 2 is 2.07 bits per heavy atom. The van der Waals surface area contributed by atoms with Gasteiger partial charge < -0.3 is 16.4 Å². The zero-order valence-corrected chi connectivity index (χ0v) is 15.9. The van der Waals surface area contributed by atoms with Gasteiger partial charge in [0.2, 0.25) is 0 Å². The second-order valence-corrected chi connectivity index (χ2v) is 7.10. The van der Waals surface area contributed by atoms with Gasteiger partial charge in [-0.15, -0.1) is 10.2 Å². The minimum absolute atomic E-state index is 0.0414. The summed E-state index contributed by atoms with van der Waals surface area (Å²) in [5.41, 5.74) is 5.39. The Balaban J connectivity index is 1.41. The number of nitrogens with one attached hydrogen (secondary N) is 3. The monoisotopic (exact) mass is 410 g/mol. The van der Waals surface area contributed by atoms with Crippen molar-refractivity contribution in [3.8, 4) is 0 Å². The number of H-pyrrole nitrogens is 1. The van der Waals surface area contributed by atoms with Gasteiger partial charge >= 0.3 is 0 Å². The zero-order chi connectivity index (χ0) is 21.1. The molecule has 1 aliphatic carbocycles. The van der Waals surface area contributed by atoms with Crippen LogP contribution in [-0.2, 0) is 5.41 Å². The van der Waals surface area contributed by atoms with Gasteiger partial charge in [-0.1, -0.05) is 6.42 Å². The zero-order valence-electron chi connectivity index (χ0n) is 15.9. The Hall–Kier alpha value is -3.89. The third-order valence-electron chi connectivity index (χ3n) is 5.22. The lowest BCUT2D eigenvalue weighted by atomic mass is 9.66. The maximum Gasteiger partial charge on any atom is 0.277 e. The molecule has 3 aromatic rings. The van der Waals surface area contributed by atoms with Gasteiger partial charge in [0.15, 0.2) is 5.69 Å². The Morgan fingerprint density at radius 1 is 1.23 bits per heavy atom. The third-order valence-corrected chi connectivity index (χ3v) is 5.22. The summed E-state index contributed by atoms with van der Waals surface area (Å²) in [5.74, 6) is -1.08. The van der Waals surface area contributed by atoms with Gasteiger partial charge in [-0.05, 0) is 37.1 Å². The number of halogens is 1. The van der Waals surface area contributed by atoms with E-state index in [1.165, 1.54) is 18.3 Å². The number of nitrogens with two attached hydrogens (primary N) is 1. The molecule has 0 saturated heterocycles. The fraction of sp³-hybridized carbons (Fsp3) is 0.263. The molecule has 3 aromatic heterocycles. The summed E-state index contributed by atoms with van der Waals surface area (Å²) in [4.78, 5) is 27.8. The van der Waals surface area contributed by atoms with Crippen LogP contribution < -0.4 is 16.4 Å². The van der Waals surface area contributed by atoms with Gasteiger partial charge in [0.05, 0.1) is 11.9 Å². The van der Waals surface area contributed by atoms with Crippen molar-refractivity contribution in [2.75, 3.05) is 17.2 Å². The average Bonchev–Trinajstić information content (AvgIpc) is 3.17. The molecule has 0 spiro atoms. The molecule has 1 saturated carbocycles. The van der Waals surface area contributed by atoms with Crippen LogP contribution in [0.15, 0.2) is 36.7 Å². The van der Waals surface area contributed by atoms with E-state index in [0.717, 1.165) is 19.3 Å². The van der Waals surface area contributed by atoms with Crippen molar-refractivity contribution in [2.24, 2.45) is 5.73 Å². The second kappa shape index (κ2) is 7.85. The molecule has 1 aliphatic rings. The van der Waals surface area contributed by atoms with Crippen LogP contribution in [0.3, 0.4) is 0 Å². The highest BCUT2D eigenvalue weighted by atomic mass is 19.1. The highest BCUT2D eigenvalue weighted by Crippen LogP contribution is 2.43. The predicted molar refractivity (Wildman–Crippen MR) is 105 cm³/mol. The first-order valence-electron chi connectivity index (χ1n) is 9.32. The van der Waals surface area contributed by atoms with E-state index in [-0.39, 0.29) is 28.3 Å². The first kappa shape index (κ1) is 19.4. The van der Waals surface area contributed by atoms with Crippen molar-refractivity contribution in [3.05, 3.63) is 59.4 Å². The summed E-state index contributed by atoms with van der Waals surface area (Å²) in [6.07, 6.45) is 5.47. The molecular formula is C19H19FN8O2. The lowest BCUT2D eigenvalue weighted by molar-refractivity contribution is 0.100. The van der Waals surface area contributed by atoms with E-state index in [1.807, 2.05) is 0 Å². The molecule has 4 rings (SSSR count).